The molecule has 1 aromatic rings. The fourth-order valence-corrected chi connectivity index (χ4v) is 1.94. The SMILES string of the molecule is Cc1ccc(CNCCCC(C)(C)N)c(C)c1. The van der Waals surface area contributed by atoms with Crippen LogP contribution in [0, 0.1) is 13.8 Å². The van der Waals surface area contributed by atoms with E-state index in [2.05, 4.69) is 51.2 Å². The molecule has 0 aliphatic rings. The molecule has 0 fully saturated rings. The summed E-state index contributed by atoms with van der Waals surface area (Å²) in [6.07, 6.45) is 2.20. The number of aryl methyl sites for hydroxylation is 2. The van der Waals surface area contributed by atoms with Crippen molar-refractivity contribution in [3.8, 4) is 0 Å². The quantitative estimate of drug-likeness (QED) is 0.743. The summed E-state index contributed by atoms with van der Waals surface area (Å²) in [5.41, 5.74) is 9.99. The van der Waals surface area contributed by atoms with Gasteiger partial charge < -0.3 is 11.1 Å². The summed E-state index contributed by atoms with van der Waals surface area (Å²) < 4.78 is 0. The van der Waals surface area contributed by atoms with E-state index in [1.165, 1.54) is 16.7 Å². The first-order valence-corrected chi connectivity index (χ1v) is 6.44. The Labute approximate surface area is 106 Å². The Bertz CT molecular complexity index is 350. The highest BCUT2D eigenvalue weighted by Crippen LogP contribution is 2.10. The third-order valence-electron chi connectivity index (χ3n) is 2.99. The lowest BCUT2D eigenvalue weighted by molar-refractivity contribution is 0.448. The molecule has 0 bridgehead atoms. The average Bonchev–Trinajstić information content (AvgIpc) is 2.18. The van der Waals surface area contributed by atoms with Crippen LogP contribution in [0.3, 0.4) is 0 Å². The molecule has 96 valence electrons. The zero-order chi connectivity index (χ0) is 12.9. The number of rotatable bonds is 6. The lowest BCUT2D eigenvalue weighted by Gasteiger charge is -2.18. The Morgan fingerprint density at radius 2 is 1.94 bits per heavy atom. The molecule has 0 saturated carbocycles. The fourth-order valence-electron chi connectivity index (χ4n) is 1.94. The highest BCUT2D eigenvalue weighted by molar-refractivity contribution is 5.30. The van der Waals surface area contributed by atoms with Gasteiger partial charge in [-0.05, 0) is 58.2 Å². The van der Waals surface area contributed by atoms with Gasteiger partial charge in [-0.15, -0.1) is 0 Å². The molecule has 3 N–H and O–H groups in total. The Balaban J connectivity index is 2.27. The summed E-state index contributed by atoms with van der Waals surface area (Å²) in [6.45, 7) is 10.5. The maximum absolute atomic E-state index is 5.94. The van der Waals surface area contributed by atoms with Crippen molar-refractivity contribution in [3.63, 3.8) is 0 Å². The molecule has 2 nitrogen and oxygen atoms in total. The minimum Gasteiger partial charge on any atom is -0.326 e. The van der Waals surface area contributed by atoms with E-state index in [0.717, 1.165) is 25.9 Å². The smallest absolute Gasteiger partial charge is 0.0208 e. The van der Waals surface area contributed by atoms with Crippen molar-refractivity contribution >= 4 is 0 Å². The third-order valence-corrected chi connectivity index (χ3v) is 2.99. The molecule has 0 aliphatic heterocycles. The van der Waals surface area contributed by atoms with Crippen LogP contribution in [0.2, 0.25) is 0 Å². The van der Waals surface area contributed by atoms with E-state index in [9.17, 15) is 0 Å². The summed E-state index contributed by atoms with van der Waals surface area (Å²) in [4.78, 5) is 0. The maximum atomic E-state index is 5.94. The monoisotopic (exact) mass is 234 g/mol. The summed E-state index contributed by atoms with van der Waals surface area (Å²) in [7, 11) is 0. The minimum atomic E-state index is -0.0402. The normalized spacial score (nSPS) is 11.8. The standard InChI is InChI=1S/C15H26N2/c1-12-6-7-14(13(2)10-12)11-17-9-5-8-15(3,4)16/h6-7,10,17H,5,8-9,11,16H2,1-4H3. The Morgan fingerprint density at radius 1 is 1.24 bits per heavy atom. The average molecular weight is 234 g/mol. The molecule has 0 saturated heterocycles. The molecule has 0 spiro atoms. The van der Waals surface area contributed by atoms with Gasteiger partial charge in [0.2, 0.25) is 0 Å². The predicted molar refractivity (Wildman–Crippen MR) is 75.1 cm³/mol. The van der Waals surface area contributed by atoms with Crippen LogP contribution in [0.1, 0.15) is 43.4 Å². The van der Waals surface area contributed by atoms with Crippen LogP contribution in [0.5, 0.6) is 0 Å². The van der Waals surface area contributed by atoms with E-state index in [-0.39, 0.29) is 5.54 Å². The van der Waals surface area contributed by atoms with Gasteiger partial charge in [-0.3, -0.25) is 0 Å². The zero-order valence-electron chi connectivity index (χ0n) is 11.6. The highest BCUT2D eigenvalue weighted by Gasteiger charge is 2.08. The molecule has 0 aromatic heterocycles. The molecule has 0 unspecified atom stereocenters. The van der Waals surface area contributed by atoms with Crippen LogP contribution >= 0.6 is 0 Å². The van der Waals surface area contributed by atoms with E-state index in [4.69, 9.17) is 5.73 Å². The van der Waals surface area contributed by atoms with Gasteiger partial charge in [0.15, 0.2) is 0 Å². The molecule has 0 heterocycles. The lowest BCUT2D eigenvalue weighted by atomic mass is 10.0. The molecule has 0 atom stereocenters. The molecule has 1 aromatic carbocycles. The van der Waals surface area contributed by atoms with Crippen LogP contribution in [-0.2, 0) is 6.54 Å². The van der Waals surface area contributed by atoms with E-state index < -0.39 is 0 Å². The summed E-state index contributed by atoms with van der Waals surface area (Å²) >= 11 is 0. The fraction of sp³-hybridized carbons (Fsp3) is 0.600. The van der Waals surface area contributed by atoms with Gasteiger partial charge in [-0.25, -0.2) is 0 Å². The van der Waals surface area contributed by atoms with Crippen LogP contribution < -0.4 is 11.1 Å². The molecule has 0 radical (unpaired) electrons. The number of benzene rings is 1. The van der Waals surface area contributed by atoms with Crippen molar-refractivity contribution < 1.29 is 0 Å². The second kappa shape index (κ2) is 6.18. The summed E-state index contributed by atoms with van der Waals surface area (Å²) in [5.74, 6) is 0. The van der Waals surface area contributed by atoms with E-state index in [1.807, 2.05) is 0 Å². The molecule has 0 aliphatic carbocycles. The maximum Gasteiger partial charge on any atom is 0.0208 e. The van der Waals surface area contributed by atoms with Gasteiger partial charge in [-0.2, -0.15) is 0 Å². The predicted octanol–water partition coefficient (Wildman–Crippen LogP) is 2.91. The van der Waals surface area contributed by atoms with Crippen molar-refractivity contribution in [2.24, 2.45) is 5.73 Å². The highest BCUT2D eigenvalue weighted by atomic mass is 14.8. The summed E-state index contributed by atoms with van der Waals surface area (Å²) in [5, 5.41) is 3.48. The van der Waals surface area contributed by atoms with Gasteiger partial charge in [0.1, 0.15) is 0 Å². The second-order valence-electron chi connectivity index (χ2n) is 5.70. The van der Waals surface area contributed by atoms with E-state index in [0.29, 0.717) is 0 Å². The van der Waals surface area contributed by atoms with Crippen LogP contribution in [-0.4, -0.2) is 12.1 Å². The van der Waals surface area contributed by atoms with Crippen molar-refractivity contribution in [1.82, 2.24) is 5.32 Å². The zero-order valence-corrected chi connectivity index (χ0v) is 11.6. The van der Waals surface area contributed by atoms with Crippen molar-refractivity contribution in [3.05, 3.63) is 34.9 Å². The first-order valence-electron chi connectivity index (χ1n) is 6.44. The number of hydrogen-bond donors (Lipinski definition) is 2. The van der Waals surface area contributed by atoms with E-state index >= 15 is 0 Å². The van der Waals surface area contributed by atoms with Crippen molar-refractivity contribution in [2.75, 3.05) is 6.54 Å². The molecular weight excluding hydrogens is 208 g/mol. The van der Waals surface area contributed by atoms with Gasteiger partial charge in [0.05, 0.1) is 0 Å². The molecule has 0 amide bonds. The minimum absolute atomic E-state index is 0.0402. The first kappa shape index (κ1) is 14.2. The Hall–Kier alpha value is -0.860. The van der Waals surface area contributed by atoms with Crippen molar-refractivity contribution in [1.29, 1.82) is 0 Å². The number of nitrogens with two attached hydrogens (primary N) is 1. The number of nitrogens with one attached hydrogen (secondary N) is 1. The molecular formula is C15H26N2. The topological polar surface area (TPSA) is 38.0 Å². The van der Waals surface area contributed by atoms with Crippen LogP contribution in [0.25, 0.3) is 0 Å². The number of hydrogen-bond acceptors (Lipinski definition) is 2. The molecule has 17 heavy (non-hydrogen) atoms. The molecule has 1 rings (SSSR count). The third kappa shape index (κ3) is 5.85. The Morgan fingerprint density at radius 3 is 2.53 bits per heavy atom. The summed E-state index contributed by atoms with van der Waals surface area (Å²) in [6, 6.07) is 6.62. The largest absolute Gasteiger partial charge is 0.326 e. The second-order valence-corrected chi connectivity index (χ2v) is 5.70. The van der Waals surface area contributed by atoms with Gasteiger partial charge >= 0.3 is 0 Å². The van der Waals surface area contributed by atoms with Gasteiger partial charge in [0.25, 0.3) is 0 Å². The Kier molecular flexibility index (Phi) is 5.16. The van der Waals surface area contributed by atoms with Crippen molar-refractivity contribution in [2.45, 2.75) is 52.6 Å². The van der Waals surface area contributed by atoms with Gasteiger partial charge in [0, 0.05) is 12.1 Å². The molecule has 2 heteroatoms. The lowest BCUT2D eigenvalue weighted by Crippen LogP contribution is -2.32. The van der Waals surface area contributed by atoms with Gasteiger partial charge in [-0.1, -0.05) is 23.8 Å². The van der Waals surface area contributed by atoms with Crippen LogP contribution in [0.15, 0.2) is 18.2 Å². The van der Waals surface area contributed by atoms with E-state index in [1.54, 1.807) is 0 Å². The first-order chi connectivity index (χ1) is 7.88. The van der Waals surface area contributed by atoms with Crippen LogP contribution in [0.4, 0.5) is 0 Å².